The number of aromatic amines is 1. The van der Waals surface area contributed by atoms with Gasteiger partial charge in [-0.25, -0.2) is 28.4 Å². The number of H-pyrrole nitrogens is 1. The molecular weight excluding hydrogens is 655 g/mol. The molecule has 0 radical (unpaired) electrons. The molecule has 17 heteroatoms. The second kappa shape index (κ2) is 13.7. The number of aliphatic hydroxyl groups is 2. The summed E-state index contributed by atoms with van der Waals surface area (Å²) in [6.45, 7) is 6.78. The Balaban J connectivity index is 1.06. The summed E-state index contributed by atoms with van der Waals surface area (Å²) in [5.74, 6) is -0.107. The smallest absolute Gasteiger partial charge is 0.351 e. The molecule has 2 fully saturated rings. The predicted molar refractivity (Wildman–Crippen MR) is 178 cm³/mol. The Hall–Kier alpha value is -5.10. The number of rotatable bonds is 8. The molecular formula is C33H39FN8O8. The highest BCUT2D eigenvalue weighted by molar-refractivity contribution is 5.88. The summed E-state index contributed by atoms with van der Waals surface area (Å²) >= 11 is 0. The van der Waals surface area contributed by atoms with Gasteiger partial charge in [0.25, 0.3) is 0 Å². The van der Waals surface area contributed by atoms with Crippen molar-refractivity contribution in [1.29, 1.82) is 0 Å². The van der Waals surface area contributed by atoms with Gasteiger partial charge in [0.2, 0.25) is 0 Å². The van der Waals surface area contributed by atoms with Gasteiger partial charge in [-0.2, -0.15) is 10.1 Å². The van der Waals surface area contributed by atoms with Crippen LogP contribution in [0.5, 0.6) is 11.5 Å². The van der Waals surface area contributed by atoms with Crippen LogP contribution in [0.3, 0.4) is 0 Å². The first kappa shape index (κ1) is 34.8. The zero-order chi connectivity index (χ0) is 35.9. The van der Waals surface area contributed by atoms with Gasteiger partial charge in [-0.05, 0) is 48.2 Å². The number of hydrogen-bond acceptors (Lipinski definition) is 11. The van der Waals surface area contributed by atoms with E-state index in [-0.39, 0.29) is 29.1 Å². The first-order chi connectivity index (χ1) is 23.8. The van der Waals surface area contributed by atoms with Crippen molar-refractivity contribution >= 4 is 11.8 Å². The topological polar surface area (TPSA) is 211 Å². The van der Waals surface area contributed by atoms with E-state index >= 15 is 4.39 Å². The van der Waals surface area contributed by atoms with Gasteiger partial charge in [-0.1, -0.05) is 26.0 Å². The number of ether oxygens (including phenoxy) is 1. The van der Waals surface area contributed by atoms with Crippen LogP contribution in [0.4, 0.5) is 15.0 Å². The maximum Gasteiger partial charge on any atom is 0.351 e. The highest BCUT2D eigenvalue weighted by Gasteiger charge is 2.55. The van der Waals surface area contributed by atoms with Crippen LogP contribution in [-0.4, -0.2) is 111 Å². The molecule has 0 bridgehead atoms. The molecule has 6 N–H and O–H groups in total. The summed E-state index contributed by atoms with van der Waals surface area (Å²) in [6, 6.07) is 11.1. The monoisotopic (exact) mass is 694 g/mol. The number of hydrogen-bond donors (Lipinski definition) is 6. The maximum absolute atomic E-state index is 15.1. The molecule has 4 atom stereocenters. The van der Waals surface area contributed by atoms with E-state index in [1.165, 1.54) is 22.9 Å². The lowest BCUT2D eigenvalue weighted by atomic mass is 9.98. The van der Waals surface area contributed by atoms with E-state index in [9.17, 15) is 34.8 Å². The van der Waals surface area contributed by atoms with Crippen molar-refractivity contribution in [3.05, 3.63) is 80.8 Å². The standard InChI is InChI=1S/C33H39FN8O8/c1-18(2)21-14-22(24(45)15-23(21)44)28-37-38-32(49)42(28)20-6-4-19(5-7-20)16-39-10-12-40(13-11-39)30(47)35-26-8-9-41(31(48)36-26)29-33(3,34)27(46)25(17-43)50-29/h4-9,14-15,18,25,27,29,43-46H,10-13,16-17H2,1-3H3,(H,38,49)(H,35,36,47,48)/t25-,27-,29-,33?/m1/s1. The number of phenolic OH excluding ortho intramolecular Hbond substituents is 2. The Morgan fingerprint density at radius 1 is 1.10 bits per heavy atom. The van der Waals surface area contributed by atoms with Crippen molar-refractivity contribution in [2.45, 2.75) is 57.3 Å². The third-order valence-corrected chi connectivity index (χ3v) is 9.16. The Morgan fingerprint density at radius 2 is 1.80 bits per heavy atom. The number of benzene rings is 2. The van der Waals surface area contributed by atoms with Crippen LogP contribution in [0.15, 0.2) is 58.3 Å². The zero-order valence-corrected chi connectivity index (χ0v) is 27.7. The highest BCUT2D eigenvalue weighted by atomic mass is 19.1. The fourth-order valence-corrected chi connectivity index (χ4v) is 6.28. The SMILES string of the molecule is CC(C)c1cc(-c2n[nH]c(=O)n2-c2ccc(CN3CCN(C(=O)Nc4ccn([C@@H]5O[C@H](CO)[C@@H](O)C5(C)F)c(=O)n4)CC3)cc2)c(O)cc1O. The quantitative estimate of drug-likeness (QED) is 0.156. The number of urea groups is 1. The van der Waals surface area contributed by atoms with E-state index in [4.69, 9.17) is 4.74 Å². The van der Waals surface area contributed by atoms with Gasteiger partial charge in [0.05, 0.1) is 17.9 Å². The minimum atomic E-state index is -2.36. The minimum Gasteiger partial charge on any atom is -0.508 e. The summed E-state index contributed by atoms with van der Waals surface area (Å²) in [6.07, 6.45) is -3.14. The number of nitrogens with one attached hydrogen (secondary N) is 2. The second-order valence-corrected chi connectivity index (χ2v) is 12.9. The van der Waals surface area contributed by atoms with Crippen LogP contribution >= 0.6 is 0 Å². The molecule has 2 aromatic heterocycles. The number of alkyl halides is 1. The summed E-state index contributed by atoms with van der Waals surface area (Å²) in [4.78, 5) is 46.0. The summed E-state index contributed by atoms with van der Waals surface area (Å²) < 4.78 is 22.7. The van der Waals surface area contributed by atoms with Crippen LogP contribution < -0.4 is 16.7 Å². The van der Waals surface area contributed by atoms with Crippen molar-refractivity contribution in [1.82, 2.24) is 34.1 Å². The van der Waals surface area contributed by atoms with E-state index in [0.717, 1.165) is 17.1 Å². The molecule has 4 aromatic rings. The number of piperazine rings is 1. The summed E-state index contributed by atoms with van der Waals surface area (Å²) in [5.41, 5.74) is -1.33. The second-order valence-electron chi connectivity index (χ2n) is 12.9. The molecule has 6 rings (SSSR count). The number of anilines is 1. The van der Waals surface area contributed by atoms with Gasteiger partial charge in [0.1, 0.15) is 29.5 Å². The van der Waals surface area contributed by atoms with Gasteiger partial charge in [0, 0.05) is 45.0 Å². The van der Waals surface area contributed by atoms with Gasteiger partial charge in [-0.15, -0.1) is 0 Å². The van der Waals surface area contributed by atoms with Crippen molar-refractivity contribution in [2.75, 3.05) is 38.1 Å². The molecule has 0 saturated carbocycles. The zero-order valence-electron chi connectivity index (χ0n) is 27.7. The molecule has 2 aliphatic rings. The van der Waals surface area contributed by atoms with E-state index in [1.807, 2.05) is 26.0 Å². The Labute approximate surface area is 285 Å². The Kier molecular flexibility index (Phi) is 9.50. The number of carbonyl (C=O) groups excluding carboxylic acids is 1. The van der Waals surface area contributed by atoms with Crippen LogP contribution in [0.2, 0.25) is 0 Å². The number of aromatic hydroxyl groups is 2. The van der Waals surface area contributed by atoms with Crippen molar-refractivity contribution in [2.24, 2.45) is 0 Å². The Morgan fingerprint density at radius 3 is 2.42 bits per heavy atom. The minimum absolute atomic E-state index is 0.0296. The van der Waals surface area contributed by atoms with E-state index in [2.05, 4.69) is 25.4 Å². The fourth-order valence-electron chi connectivity index (χ4n) is 6.28. The first-order valence-electron chi connectivity index (χ1n) is 16.1. The molecule has 16 nitrogen and oxygen atoms in total. The third kappa shape index (κ3) is 6.59. The molecule has 1 unspecified atom stereocenters. The average Bonchev–Trinajstić information content (AvgIpc) is 3.56. The summed E-state index contributed by atoms with van der Waals surface area (Å²) in [7, 11) is 0. The van der Waals surface area contributed by atoms with E-state index in [1.54, 1.807) is 23.1 Å². The number of halogens is 1. The largest absolute Gasteiger partial charge is 0.508 e. The normalized spacial score (nSPS) is 22.7. The number of aromatic nitrogens is 5. The van der Waals surface area contributed by atoms with Crippen LogP contribution in [0, 0.1) is 0 Å². The lowest BCUT2D eigenvalue weighted by Crippen LogP contribution is -2.49. The molecule has 0 aliphatic carbocycles. The van der Waals surface area contributed by atoms with Gasteiger partial charge >= 0.3 is 17.4 Å². The molecule has 2 amide bonds. The average molecular weight is 695 g/mol. The van der Waals surface area contributed by atoms with E-state index < -0.39 is 48.1 Å². The van der Waals surface area contributed by atoms with Gasteiger partial charge in [-0.3, -0.25) is 14.8 Å². The molecule has 4 heterocycles. The molecule has 266 valence electrons. The van der Waals surface area contributed by atoms with Crippen LogP contribution in [0.1, 0.15) is 44.0 Å². The lowest BCUT2D eigenvalue weighted by molar-refractivity contribution is -0.0610. The van der Waals surface area contributed by atoms with Crippen molar-refractivity contribution in [3.63, 3.8) is 0 Å². The number of aliphatic hydroxyl groups excluding tert-OH is 2. The van der Waals surface area contributed by atoms with Gasteiger partial charge in [0.15, 0.2) is 17.7 Å². The van der Waals surface area contributed by atoms with Gasteiger partial charge < -0.3 is 30.1 Å². The number of carbonyl (C=O) groups is 1. The van der Waals surface area contributed by atoms with Crippen LogP contribution in [-0.2, 0) is 11.3 Å². The number of nitrogens with zero attached hydrogens (tertiary/aromatic N) is 6. The maximum atomic E-state index is 15.1. The highest BCUT2D eigenvalue weighted by Crippen LogP contribution is 2.40. The summed E-state index contributed by atoms with van der Waals surface area (Å²) in [5, 5.41) is 49.4. The molecule has 2 aliphatic heterocycles. The lowest BCUT2D eigenvalue weighted by Gasteiger charge is -2.34. The Bertz CT molecular complexity index is 1980. The number of amides is 2. The number of phenols is 2. The fraction of sp³-hybridized carbons (Fsp3) is 0.424. The predicted octanol–water partition coefficient (Wildman–Crippen LogP) is 1.65. The molecule has 0 spiro atoms. The first-order valence-corrected chi connectivity index (χ1v) is 16.1. The third-order valence-electron chi connectivity index (χ3n) is 9.16. The van der Waals surface area contributed by atoms with E-state index in [0.29, 0.717) is 49.5 Å². The van der Waals surface area contributed by atoms with Crippen molar-refractivity contribution < 1.29 is 34.3 Å². The molecule has 2 saturated heterocycles. The molecule has 2 aromatic carbocycles. The van der Waals surface area contributed by atoms with Crippen molar-refractivity contribution in [3.8, 4) is 28.6 Å². The molecule has 50 heavy (non-hydrogen) atoms. The van der Waals surface area contributed by atoms with Crippen LogP contribution in [0.25, 0.3) is 17.1 Å².